The summed E-state index contributed by atoms with van der Waals surface area (Å²) in [5, 5.41) is 10.9. The van der Waals surface area contributed by atoms with Crippen LogP contribution in [0.4, 0.5) is 0 Å². The van der Waals surface area contributed by atoms with Crippen molar-refractivity contribution in [3.63, 3.8) is 0 Å². The first kappa shape index (κ1) is 18.2. The monoisotopic (exact) mass is 294 g/mol. The molecule has 0 radical (unpaired) electrons. The molecule has 1 N–H and O–H groups in total. The molecule has 0 aromatic carbocycles. The van der Waals surface area contributed by atoms with Crippen molar-refractivity contribution >= 4 is 0 Å². The average Bonchev–Trinajstić information content (AvgIpc) is 2.81. The van der Waals surface area contributed by atoms with Gasteiger partial charge in [-0.1, -0.05) is 51.0 Å². The van der Waals surface area contributed by atoms with E-state index in [1.54, 1.807) is 6.08 Å². The van der Waals surface area contributed by atoms with E-state index in [2.05, 4.69) is 25.7 Å². The van der Waals surface area contributed by atoms with Gasteiger partial charge in [-0.15, -0.1) is 0 Å². The SMILES string of the molecule is CCCCC#C[C@@](O)(/C=C/CCCC)[C@@H]1COC(C)(C)O1. The molecule has 21 heavy (non-hydrogen) atoms. The molecule has 0 amide bonds. The zero-order chi connectivity index (χ0) is 15.8. The van der Waals surface area contributed by atoms with Crippen LogP contribution >= 0.6 is 0 Å². The zero-order valence-electron chi connectivity index (χ0n) is 13.9. The van der Waals surface area contributed by atoms with Crippen LogP contribution in [-0.2, 0) is 9.47 Å². The third kappa shape index (κ3) is 6.22. The van der Waals surface area contributed by atoms with E-state index in [4.69, 9.17) is 9.47 Å². The van der Waals surface area contributed by atoms with Crippen molar-refractivity contribution in [1.82, 2.24) is 0 Å². The molecular formula is C18H30O3. The summed E-state index contributed by atoms with van der Waals surface area (Å²) in [4.78, 5) is 0. The highest BCUT2D eigenvalue weighted by Crippen LogP contribution is 2.30. The predicted octanol–water partition coefficient (Wildman–Crippen LogP) is 3.81. The molecule has 1 aliphatic heterocycles. The molecule has 0 saturated carbocycles. The van der Waals surface area contributed by atoms with Gasteiger partial charge in [0.05, 0.1) is 6.61 Å². The number of unbranched alkanes of at least 4 members (excludes halogenated alkanes) is 4. The van der Waals surface area contributed by atoms with Crippen molar-refractivity contribution in [1.29, 1.82) is 0 Å². The van der Waals surface area contributed by atoms with E-state index in [0.717, 1.165) is 38.5 Å². The number of allylic oxidation sites excluding steroid dienone is 1. The van der Waals surface area contributed by atoms with Gasteiger partial charge >= 0.3 is 0 Å². The second-order valence-electron chi connectivity index (χ2n) is 6.09. The van der Waals surface area contributed by atoms with Gasteiger partial charge in [0.1, 0.15) is 6.10 Å². The van der Waals surface area contributed by atoms with Crippen molar-refractivity contribution in [3.05, 3.63) is 12.2 Å². The normalized spacial score (nSPS) is 23.8. The van der Waals surface area contributed by atoms with Crippen LogP contribution in [0.1, 0.15) is 66.2 Å². The zero-order valence-corrected chi connectivity index (χ0v) is 13.9. The molecule has 1 rings (SSSR count). The summed E-state index contributed by atoms with van der Waals surface area (Å²) in [5.41, 5.74) is -1.25. The van der Waals surface area contributed by atoms with E-state index in [0.29, 0.717) is 6.61 Å². The second kappa shape index (κ2) is 8.58. The Morgan fingerprint density at radius 3 is 2.57 bits per heavy atom. The highest BCUT2D eigenvalue weighted by Gasteiger charge is 2.43. The summed E-state index contributed by atoms with van der Waals surface area (Å²) < 4.78 is 11.4. The van der Waals surface area contributed by atoms with Crippen LogP contribution in [0.5, 0.6) is 0 Å². The van der Waals surface area contributed by atoms with Crippen LogP contribution in [0.2, 0.25) is 0 Å². The maximum absolute atomic E-state index is 10.9. The fraction of sp³-hybridized carbons (Fsp3) is 0.778. The Kier molecular flexibility index (Phi) is 7.45. The van der Waals surface area contributed by atoms with E-state index in [9.17, 15) is 5.11 Å². The minimum absolute atomic E-state index is 0.365. The topological polar surface area (TPSA) is 38.7 Å². The molecule has 1 heterocycles. The lowest BCUT2D eigenvalue weighted by Gasteiger charge is -2.26. The summed E-state index contributed by atoms with van der Waals surface area (Å²) in [6.07, 6.45) is 9.53. The van der Waals surface area contributed by atoms with Gasteiger partial charge in [0.2, 0.25) is 0 Å². The van der Waals surface area contributed by atoms with Crippen molar-refractivity contribution < 1.29 is 14.6 Å². The summed E-state index contributed by atoms with van der Waals surface area (Å²) in [6, 6.07) is 0. The average molecular weight is 294 g/mol. The summed E-state index contributed by atoms with van der Waals surface area (Å²) >= 11 is 0. The van der Waals surface area contributed by atoms with Crippen molar-refractivity contribution in [3.8, 4) is 11.8 Å². The van der Waals surface area contributed by atoms with Crippen LogP contribution < -0.4 is 0 Å². The molecule has 3 heteroatoms. The lowest BCUT2D eigenvalue weighted by molar-refractivity contribution is -0.154. The predicted molar refractivity (Wildman–Crippen MR) is 85.8 cm³/mol. The van der Waals surface area contributed by atoms with E-state index >= 15 is 0 Å². The second-order valence-corrected chi connectivity index (χ2v) is 6.09. The smallest absolute Gasteiger partial charge is 0.172 e. The molecule has 0 unspecified atom stereocenters. The van der Waals surface area contributed by atoms with Crippen LogP contribution in [0.15, 0.2) is 12.2 Å². The molecular weight excluding hydrogens is 264 g/mol. The molecule has 1 aliphatic rings. The fourth-order valence-electron chi connectivity index (χ4n) is 2.19. The van der Waals surface area contributed by atoms with Gasteiger partial charge in [0.15, 0.2) is 11.4 Å². The third-order valence-electron chi connectivity index (χ3n) is 3.54. The Balaban J connectivity index is 2.77. The Morgan fingerprint density at radius 1 is 1.29 bits per heavy atom. The molecule has 0 bridgehead atoms. The molecule has 1 fully saturated rings. The number of hydrogen-bond donors (Lipinski definition) is 1. The maximum atomic E-state index is 10.9. The molecule has 2 atom stereocenters. The van der Waals surface area contributed by atoms with Crippen LogP contribution in [-0.4, -0.2) is 29.2 Å². The molecule has 0 aromatic rings. The van der Waals surface area contributed by atoms with Gasteiger partial charge in [0, 0.05) is 6.42 Å². The van der Waals surface area contributed by atoms with Crippen molar-refractivity contribution in [2.24, 2.45) is 0 Å². The van der Waals surface area contributed by atoms with Gasteiger partial charge < -0.3 is 14.6 Å². The molecule has 3 nitrogen and oxygen atoms in total. The largest absolute Gasteiger partial charge is 0.371 e. The highest BCUT2D eigenvalue weighted by atomic mass is 16.7. The number of hydrogen-bond acceptors (Lipinski definition) is 3. The van der Waals surface area contributed by atoms with Crippen LogP contribution in [0, 0.1) is 11.8 Å². The molecule has 1 saturated heterocycles. The van der Waals surface area contributed by atoms with Gasteiger partial charge in [-0.2, -0.15) is 0 Å². The number of rotatable bonds is 7. The first-order valence-corrected chi connectivity index (χ1v) is 8.15. The van der Waals surface area contributed by atoms with E-state index in [1.165, 1.54) is 0 Å². The van der Waals surface area contributed by atoms with Crippen molar-refractivity contribution in [2.75, 3.05) is 6.61 Å². The van der Waals surface area contributed by atoms with Gasteiger partial charge in [-0.3, -0.25) is 0 Å². The lowest BCUT2D eigenvalue weighted by atomic mass is 9.96. The molecule has 0 aliphatic carbocycles. The lowest BCUT2D eigenvalue weighted by Crippen LogP contribution is -2.42. The standard InChI is InChI=1S/C18H30O3/c1-5-7-9-11-13-18(19,14-12-10-8-6-2)16-15-20-17(3,4)21-16/h11,13,16,19H,5-10,15H2,1-4H3/b13-11+/t16-,18-/m0/s1. The van der Waals surface area contributed by atoms with Crippen molar-refractivity contribution in [2.45, 2.75) is 83.7 Å². The van der Waals surface area contributed by atoms with Gasteiger partial charge in [-0.05, 0) is 32.8 Å². The van der Waals surface area contributed by atoms with Gasteiger partial charge in [-0.25, -0.2) is 0 Å². The van der Waals surface area contributed by atoms with Crippen LogP contribution in [0.3, 0.4) is 0 Å². The van der Waals surface area contributed by atoms with E-state index < -0.39 is 17.5 Å². The quantitative estimate of drug-likeness (QED) is 0.441. The van der Waals surface area contributed by atoms with E-state index in [-0.39, 0.29) is 0 Å². The molecule has 0 spiro atoms. The van der Waals surface area contributed by atoms with E-state index in [1.807, 2.05) is 19.9 Å². The highest BCUT2D eigenvalue weighted by molar-refractivity contribution is 5.26. The van der Waals surface area contributed by atoms with Crippen LogP contribution in [0.25, 0.3) is 0 Å². The number of ether oxygens (including phenoxy) is 2. The summed E-state index contributed by atoms with van der Waals surface area (Å²) in [7, 11) is 0. The molecule has 120 valence electrons. The maximum Gasteiger partial charge on any atom is 0.172 e. The Labute approximate surface area is 129 Å². The molecule has 0 aromatic heterocycles. The van der Waals surface area contributed by atoms with Gasteiger partial charge in [0.25, 0.3) is 0 Å². The fourth-order valence-corrected chi connectivity index (χ4v) is 2.19. The third-order valence-corrected chi connectivity index (χ3v) is 3.54. The summed E-state index contributed by atoms with van der Waals surface area (Å²) in [5.74, 6) is 5.43. The Bertz CT molecular complexity index is 389. The number of aliphatic hydroxyl groups is 1. The first-order chi connectivity index (χ1) is 9.93. The first-order valence-electron chi connectivity index (χ1n) is 8.15. The minimum atomic E-state index is -1.25. The Hall–Kier alpha value is -0.820. The Morgan fingerprint density at radius 2 is 2.00 bits per heavy atom. The minimum Gasteiger partial charge on any atom is -0.371 e. The summed E-state index contributed by atoms with van der Waals surface area (Å²) in [6.45, 7) is 8.37.